The van der Waals surface area contributed by atoms with Crippen LogP contribution >= 0.6 is 15.9 Å². The van der Waals surface area contributed by atoms with Crippen LogP contribution in [0.25, 0.3) is 0 Å². The Labute approximate surface area is 129 Å². The van der Waals surface area contributed by atoms with Crippen molar-refractivity contribution in [1.82, 2.24) is 9.97 Å². The molecule has 108 valence electrons. The van der Waals surface area contributed by atoms with Crippen molar-refractivity contribution in [3.8, 4) is 0 Å². The van der Waals surface area contributed by atoms with Gasteiger partial charge in [-0.1, -0.05) is 15.9 Å². The number of halogens is 1. The summed E-state index contributed by atoms with van der Waals surface area (Å²) in [7, 11) is 1.28. The van der Waals surface area contributed by atoms with Crippen molar-refractivity contribution in [2.75, 3.05) is 12.4 Å². The average molecular weight is 350 g/mol. The lowest BCUT2D eigenvalue weighted by Gasteiger charge is -2.10. The summed E-state index contributed by atoms with van der Waals surface area (Å²) < 4.78 is 5.40. The van der Waals surface area contributed by atoms with Gasteiger partial charge in [0.2, 0.25) is 0 Å². The van der Waals surface area contributed by atoms with E-state index in [0.29, 0.717) is 15.9 Å². The number of rotatable bonds is 3. The molecule has 0 spiro atoms. The van der Waals surface area contributed by atoms with Crippen LogP contribution < -0.4 is 5.32 Å². The van der Waals surface area contributed by atoms with Crippen molar-refractivity contribution in [2.24, 2.45) is 0 Å². The number of benzene rings is 1. The third-order valence-corrected chi connectivity index (χ3v) is 3.14. The molecule has 0 aliphatic carbocycles. The number of amides is 1. The molecule has 1 amide bonds. The zero-order valence-electron chi connectivity index (χ0n) is 11.4. The molecule has 0 unspecified atom stereocenters. The third-order valence-electron chi connectivity index (χ3n) is 2.65. The molecule has 1 heterocycles. The van der Waals surface area contributed by atoms with E-state index in [4.69, 9.17) is 4.74 Å². The number of hydrogen-bond acceptors (Lipinski definition) is 5. The second-order valence-electron chi connectivity index (χ2n) is 4.18. The van der Waals surface area contributed by atoms with Crippen LogP contribution in [0.1, 0.15) is 26.5 Å². The smallest absolute Gasteiger partial charge is 0.340 e. The number of carbonyl (C=O) groups is 2. The first kappa shape index (κ1) is 15.1. The molecule has 6 nitrogen and oxygen atoms in total. The van der Waals surface area contributed by atoms with E-state index < -0.39 is 11.9 Å². The van der Waals surface area contributed by atoms with Crippen LogP contribution in [-0.2, 0) is 4.74 Å². The van der Waals surface area contributed by atoms with Gasteiger partial charge in [0.15, 0.2) is 0 Å². The molecule has 21 heavy (non-hydrogen) atoms. The highest BCUT2D eigenvalue weighted by atomic mass is 79.9. The number of esters is 1. The molecular formula is C14H12BrN3O3. The third kappa shape index (κ3) is 3.63. The summed E-state index contributed by atoms with van der Waals surface area (Å²) >= 11 is 3.27. The Balaban J connectivity index is 2.28. The van der Waals surface area contributed by atoms with Gasteiger partial charge >= 0.3 is 5.97 Å². The number of anilines is 1. The number of ether oxygens (including phenoxy) is 1. The highest BCUT2D eigenvalue weighted by Gasteiger charge is 2.16. The fourth-order valence-corrected chi connectivity index (χ4v) is 1.96. The Kier molecular flexibility index (Phi) is 4.64. The van der Waals surface area contributed by atoms with Crippen molar-refractivity contribution in [2.45, 2.75) is 6.92 Å². The molecule has 0 radical (unpaired) electrons. The molecule has 2 aromatic rings. The molecule has 7 heteroatoms. The summed E-state index contributed by atoms with van der Waals surface area (Å²) in [5.41, 5.74) is 1.47. The van der Waals surface area contributed by atoms with Gasteiger partial charge in [-0.2, -0.15) is 0 Å². The lowest BCUT2D eigenvalue weighted by Crippen LogP contribution is -2.17. The van der Waals surface area contributed by atoms with Crippen molar-refractivity contribution in [3.05, 3.63) is 52.0 Å². The first-order valence-corrected chi connectivity index (χ1v) is 6.78. The van der Waals surface area contributed by atoms with Gasteiger partial charge in [-0.25, -0.2) is 9.78 Å². The van der Waals surface area contributed by atoms with Crippen LogP contribution in [0.3, 0.4) is 0 Å². The van der Waals surface area contributed by atoms with E-state index >= 15 is 0 Å². The van der Waals surface area contributed by atoms with Gasteiger partial charge < -0.3 is 10.1 Å². The molecule has 1 N–H and O–H groups in total. The normalized spacial score (nSPS) is 10.0. The summed E-state index contributed by atoms with van der Waals surface area (Å²) in [4.78, 5) is 31.8. The van der Waals surface area contributed by atoms with E-state index in [1.165, 1.54) is 19.5 Å². The van der Waals surface area contributed by atoms with E-state index in [9.17, 15) is 9.59 Å². The van der Waals surface area contributed by atoms with E-state index in [1.54, 1.807) is 25.1 Å². The molecule has 0 saturated heterocycles. The maximum atomic E-state index is 12.1. The average Bonchev–Trinajstić information content (AvgIpc) is 2.48. The number of carbonyl (C=O) groups excluding carboxylic acids is 2. The van der Waals surface area contributed by atoms with Crippen molar-refractivity contribution >= 4 is 33.5 Å². The van der Waals surface area contributed by atoms with E-state index in [0.717, 1.165) is 0 Å². The zero-order valence-corrected chi connectivity index (χ0v) is 13.0. The number of nitrogens with zero attached hydrogens (tertiary/aromatic N) is 2. The number of methoxy groups -OCH3 is 1. The van der Waals surface area contributed by atoms with Crippen LogP contribution in [0.15, 0.2) is 35.1 Å². The van der Waals surface area contributed by atoms with Crippen LogP contribution in [0.5, 0.6) is 0 Å². The Morgan fingerprint density at radius 2 is 2.00 bits per heavy atom. The lowest BCUT2D eigenvalue weighted by atomic mass is 10.1. The Morgan fingerprint density at radius 3 is 2.62 bits per heavy atom. The minimum absolute atomic E-state index is 0.166. The van der Waals surface area contributed by atoms with Gasteiger partial charge in [-0.3, -0.25) is 9.78 Å². The van der Waals surface area contributed by atoms with Gasteiger partial charge in [0, 0.05) is 10.7 Å². The second kappa shape index (κ2) is 6.45. The zero-order chi connectivity index (χ0) is 15.4. The van der Waals surface area contributed by atoms with Gasteiger partial charge in [-0.05, 0) is 25.1 Å². The number of aromatic nitrogens is 2. The monoisotopic (exact) mass is 349 g/mol. The predicted octanol–water partition coefficient (Wildman–Crippen LogP) is 2.59. The molecule has 2 rings (SSSR count). The molecule has 0 saturated carbocycles. The summed E-state index contributed by atoms with van der Waals surface area (Å²) in [5.74, 6) is -0.989. The quantitative estimate of drug-likeness (QED) is 0.861. The van der Waals surface area contributed by atoms with Crippen LogP contribution in [0.2, 0.25) is 0 Å². The van der Waals surface area contributed by atoms with E-state index in [2.05, 4.69) is 31.2 Å². The molecule has 0 aliphatic rings. The molecular weight excluding hydrogens is 338 g/mol. The summed E-state index contributed by atoms with van der Waals surface area (Å²) in [6.07, 6.45) is 2.87. The Bertz CT molecular complexity index is 686. The van der Waals surface area contributed by atoms with Gasteiger partial charge in [0.1, 0.15) is 5.69 Å². The molecule has 1 aromatic heterocycles. The highest BCUT2D eigenvalue weighted by molar-refractivity contribution is 9.10. The number of hydrogen-bond donors (Lipinski definition) is 1. The Hall–Kier alpha value is -2.28. The summed E-state index contributed by atoms with van der Waals surface area (Å²) in [6.45, 7) is 1.78. The summed E-state index contributed by atoms with van der Waals surface area (Å²) in [5, 5.41) is 2.63. The van der Waals surface area contributed by atoms with E-state index in [-0.39, 0.29) is 11.3 Å². The first-order chi connectivity index (χ1) is 10.0. The fraction of sp³-hybridized carbons (Fsp3) is 0.143. The number of nitrogens with one attached hydrogen (secondary N) is 1. The van der Waals surface area contributed by atoms with Crippen molar-refractivity contribution < 1.29 is 14.3 Å². The largest absolute Gasteiger partial charge is 0.465 e. The second-order valence-corrected chi connectivity index (χ2v) is 5.09. The first-order valence-electron chi connectivity index (χ1n) is 5.99. The van der Waals surface area contributed by atoms with Gasteiger partial charge in [0.05, 0.1) is 30.3 Å². The predicted molar refractivity (Wildman–Crippen MR) is 80.2 cm³/mol. The van der Waals surface area contributed by atoms with Crippen LogP contribution in [0.4, 0.5) is 5.69 Å². The van der Waals surface area contributed by atoms with Crippen LogP contribution in [0, 0.1) is 6.92 Å². The molecule has 1 aromatic carbocycles. The lowest BCUT2D eigenvalue weighted by molar-refractivity contribution is 0.0602. The van der Waals surface area contributed by atoms with Crippen molar-refractivity contribution in [1.29, 1.82) is 0 Å². The maximum absolute atomic E-state index is 12.1. The highest BCUT2D eigenvalue weighted by Crippen LogP contribution is 2.22. The molecule has 0 atom stereocenters. The number of aryl methyl sites for hydroxylation is 1. The minimum atomic E-state index is -0.540. The molecule has 0 aliphatic heterocycles. The van der Waals surface area contributed by atoms with Gasteiger partial charge in [-0.15, -0.1) is 0 Å². The summed E-state index contributed by atoms with van der Waals surface area (Å²) in [6, 6.07) is 4.89. The Morgan fingerprint density at radius 1 is 1.24 bits per heavy atom. The van der Waals surface area contributed by atoms with Crippen molar-refractivity contribution in [3.63, 3.8) is 0 Å². The topological polar surface area (TPSA) is 81.2 Å². The minimum Gasteiger partial charge on any atom is -0.465 e. The molecule has 0 fully saturated rings. The maximum Gasteiger partial charge on any atom is 0.340 e. The fourth-order valence-electron chi connectivity index (χ4n) is 1.60. The van der Waals surface area contributed by atoms with Crippen LogP contribution in [-0.4, -0.2) is 29.0 Å². The van der Waals surface area contributed by atoms with Gasteiger partial charge in [0.25, 0.3) is 5.91 Å². The standard InChI is InChI=1S/C14H12BrN3O3/c1-8-6-17-12(7-16-8)13(19)18-11-4-3-9(15)5-10(11)14(20)21-2/h3-7H,1-2H3,(H,18,19). The molecule has 0 bridgehead atoms. The SMILES string of the molecule is COC(=O)c1cc(Br)ccc1NC(=O)c1cnc(C)cn1. The van der Waals surface area contributed by atoms with E-state index in [1.807, 2.05) is 0 Å².